The number of carbonyl (C=O) groups excluding carboxylic acids is 4. The molecule has 3 aromatic carbocycles. The standard InChI is InChI=1S/C38H43NO13/c1-22-33(49-23(2)41)35(50-24(3)42)37(52-34(22)36(43)45-4)51-26-14-13-25(20-40)32(19-26)47-18-17-46-16-15-39-38(44)48-21-31-29-11-7-5-9-27(29)28-10-6-8-12-30(28)31/h5-14,19,22,31,33-35,37,40H,15-18,20-21H2,1-4H3,(H,39,44)/t22-,33+,34+,35+,37-/m1/s1. The minimum atomic E-state index is -1.38. The van der Waals surface area contributed by atoms with Gasteiger partial charge in [0.2, 0.25) is 12.4 Å². The molecule has 14 nitrogen and oxygen atoms in total. The first-order valence-electron chi connectivity index (χ1n) is 16.9. The van der Waals surface area contributed by atoms with Crippen LogP contribution in [0, 0.1) is 5.92 Å². The minimum absolute atomic E-state index is 0.0390. The quantitative estimate of drug-likeness (QED) is 0.132. The van der Waals surface area contributed by atoms with Crippen LogP contribution in [0.4, 0.5) is 4.79 Å². The molecule has 5 rings (SSSR count). The van der Waals surface area contributed by atoms with Crippen LogP contribution in [0.15, 0.2) is 66.7 Å². The largest absolute Gasteiger partial charge is 0.491 e. The van der Waals surface area contributed by atoms with E-state index < -0.39 is 54.5 Å². The molecule has 1 heterocycles. The van der Waals surface area contributed by atoms with E-state index in [4.69, 9.17) is 37.9 Å². The number of carbonyl (C=O) groups is 4. The third-order valence-electron chi connectivity index (χ3n) is 8.71. The molecule has 0 saturated carbocycles. The molecule has 1 amide bonds. The van der Waals surface area contributed by atoms with Crippen molar-refractivity contribution in [2.24, 2.45) is 5.92 Å². The second kappa shape index (κ2) is 17.8. The first kappa shape index (κ1) is 38.1. The number of hydrogen-bond acceptors (Lipinski definition) is 13. The Labute approximate surface area is 301 Å². The third kappa shape index (κ3) is 9.18. The first-order valence-corrected chi connectivity index (χ1v) is 16.9. The van der Waals surface area contributed by atoms with Gasteiger partial charge in [-0.25, -0.2) is 9.59 Å². The third-order valence-corrected chi connectivity index (χ3v) is 8.71. The Hall–Kier alpha value is -5.18. The van der Waals surface area contributed by atoms with Gasteiger partial charge in [-0.05, 0) is 34.4 Å². The van der Waals surface area contributed by atoms with E-state index in [0.29, 0.717) is 5.56 Å². The highest BCUT2D eigenvalue weighted by molar-refractivity contribution is 5.79. The summed E-state index contributed by atoms with van der Waals surface area (Å²) in [5.41, 5.74) is 5.01. The van der Waals surface area contributed by atoms with Gasteiger partial charge in [0.05, 0.1) is 26.9 Å². The fourth-order valence-electron chi connectivity index (χ4n) is 6.33. The fourth-order valence-corrected chi connectivity index (χ4v) is 6.33. The van der Waals surface area contributed by atoms with Gasteiger partial charge in [-0.15, -0.1) is 0 Å². The lowest BCUT2D eigenvalue weighted by Crippen LogP contribution is -2.60. The van der Waals surface area contributed by atoms with Crippen molar-refractivity contribution in [2.75, 3.05) is 40.1 Å². The fraction of sp³-hybridized carbons (Fsp3) is 0.421. The van der Waals surface area contributed by atoms with E-state index >= 15 is 0 Å². The number of esters is 3. The predicted octanol–water partition coefficient (Wildman–Crippen LogP) is 3.89. The average molecular weight is 722 g/mol. The van der Waals surface area contributed by atoms with E-state index in [9.17, 15) is 24.3 Å². The van der Waals surface area contributed by atoms with Crippen LogP contribution < -0.4 is 14.8 Å². The molecule has 1 aliphatic heterocycles. The SMILES string of the molecule is COC(=O)[C@H]1O[C@@H](Oc2ccc(CO)c(OCCOCCNC(=O)OCC3c4ccccc4-c4ccccc43)c2)[C@@H](OC(C)=O)[C@@H](OC(C)=O)[C@H]1C. The Morgan fingerprint density at radius 1 is 0.846 bits per heavy atom. The van der Waals surface area contributed by atoms with Crippen molar-refractivity contribution in [3.05, 3.63) is 83.4 Å². The molecule has 1 aliphatic carbocycles. The summed E-state index contributed by atoms with van der Waals surface area (Å²) in [6.45, 7) is 4.50. The number of nitrogens with one attached hydrogen (secondary N) is 1. The topological polar surface area (TPSA) is 174 Å². The summed E-state index contributed by atoms with van der Waals surface area (Å²) >= 11 is 0. The molecule has 0 spiro atoms. The Morgan fingerprint density at radius 3 is 2.13 bits per heavy atom. The normalized spacial score (nSPS) is 20.5. The van der Waals surface area contributed by atoms with Gasteiger partial charge in [-0.3, -0.25) is 9.59 Å². The van der Waals surface area contributed by atoms with E-state index in [1.165, 1.54) is 33.1 Å². The van der Waals surface area contributed by atoms with Crippen molar-refractivity contribution in [1.29, 1.82) is 0 Å². The summed E-state index contributed by atoms with van der Waals surface area (Å²) < 4.78 is 44.7. The Bertz CT molecular complexity index is 1680. The molecule has 3 aromatic rings. The Balaban J connectivity index is 1.10. The molecule has 278 valence electrons. The van der Waals surface area contributed by atoms with Crippen LogP contribution in [0.1, 0.15) is 43.4 Å². The van der Waals surface area contributed by atoms with Crippen LogP contribution in [-0.2, 0) is 49.4 Å². The number of methoxy groups -OCH3 is 1. The van der Waals surface area contributed by atoms with Crippen molar-refractivity contribution in [1.82, 2.24) is 5.32 Å². The minimum Gasteiger partial charge on any atom is -0.491 e. The summed E-state index contributed by atoms with van der Waals surface area (Å²) in [6, 6.07) is 20.8. The monoisotopic (exact) mass is 721 g/mol. The molecule has 2 N–H and O–H groups in total. The van der Waals surface area contributed by atoms with Gasteiger partial charge in [0.15, 0.2) is 12.2 Å². The smallest absolute Gasteiger partial charge is 0.407 e. The second-order valence-electron chi connectivity index (χ2n) is 12.2. The predicted molar refractivity (Wildman–Crippen MR) is 183 cm³/mol. The highest BCUT2D eigenvalue weighted by Gasteiger charge is 2.52. The molecule has 1 saturated heterocycles. The van der Waals surface area contributed by atoms with Crippen molar-refractivity contribution in [3.63, 3.8) is 0 Å². The first-order chi connectivity index (χ1) is 25.1. The highest BCUT2D eigenvalue weighted by atomic mass is 16.7. The lowest BCUT2D eigenvalue weighted by atomic mass is 9.90. The molecule has 0 radical (unpaired) electrons. The number of rotatable bonds is 15. The molecular formula is C38H43NO13. The van der Waals surface area contributed by atoms with E-state index in [2.05, 4.69) is 29.6 Å². The zero-order valence-electron chi connectivity index (χ0n) is 29.4. The Kier molecular flexibility index (Phi) is 13.1. The van der Waals surface area contributed by atoms with Crippen LogP contribution in [0.3, 0.4) is 0 Å². The van der Waals surface area contributed by atoms with Gasteiger partial charge in [-0.2, -0.15) is 0 Å². The van der Waals surface area contributed by atoms with Gasteiger partial charge in [0.1, 0.15) is 24.7 Å². The molecule has 5 atom stereocenters. The summed E-state index contributed by atoms with van der Waals surface area (Å²) in [6.07, 6.45) is -5.44. The lowest BCUT2D eigenvalue weighted by Gasteiger charge is -2.42. The van der Waals surface area contributed by atoms with Crippen LogP contribution in [0.25, 0.3) is 11.1 Å². The number of fused-ring (bicyclic) bond motifs is 3. The van der Waals surface area contributed by atoms with Crippen LogP contribution >= 0.6 is 0 Å². The maximum atomic E-state index is 12.5. The van der Waals surface area contributed by atoms with Crippen LogP contribution in [-0.4, -0.2) is 93.8 Å². The number of benzene rings is 3. The molecule has 2 aliphatic rings. The number of aliphatic hydroxyl groups excluding tert-OH is 1. The van der Waals surface area contributed by atoms with Gasteiger partial charge >= 0.3 is 24.0 Å². The van der Waals surface area contributed by atoms with Gasteiger partial charge < -0.3 is 48.3 Å². The van der Waals surface area contributed by atoms with Crippen molar-refractivity contribution >= 4 is 24.0 Å². The van der Waals surface area contributed by atoms with Crippen molar-refractivity contribution in [2.45, 2.75) is 57.9 Å². The number of ether oxygens (including phenoxy) is 8. The summed E-state index contributed by atoms with van der Waals surface area (Å²) in [4.78, 5) is 48.9. The van der Waals surface area contributed by atoms with Gasteiger partial charge in [0, 0.05) is 43.9 Å². The molecule has 0 aromatic heterocycles. The maximum Gasteiger partial charge on any atom is 0.407 e. The molecule has 14 heteroatoms. The average Bonchev–Trinajstić information content (AvgIpc) is 3.45. The molecular weight excluding hydrogens is 678 g/mol. The number of aliphatic hydroxyl groups is 1. The van der Waals surface area contributed by atoms with Crippen molar-refractivity contribution < 1.29 is 62.2 Å². The van der Waals surface area contributed by atoms with Gasteiger partial charge in [-0.1, -0.05) is 55.5 Å². The molecule has 0 bridgehead atoms. The van der Waals surface area contributed by atoms with Crippen LogP contribution in [0.5, 0.6) is 11.5 Å². The number of alkyl carbamates (subject to hydrolysis) is 1. The van der Waals surface area contributed by atoms with E-state index in [1.807, 2.05) is 24.3 Å². The van der Waals surface area contributed by atoms with E-state index in [0.717, 1.165) is 22.3 Å². The zero-order chi connectivity index (χ0) is 37.2. The summed E-state index contributed by atoms with van der Waals surface area (Å²) in [7, 11) is 1.19. The van der Waals surface area contributed by atoms with E-state index in [-0.39, 0.29) is 57.0 Å². The number of amides is 1. The highest BCUT2D eigenvalue weighted by Crippen LogP contribution is 2.44. The lowest BCUT2D eigenvalue weighted by molar-refractivity contribution is -0.266. The second-order valence-corrected chi connectivity index (χ2v) is 12.2. The van der Waals surface area contributed by atoms with Crippen molar-refractivity contribution in [3.8, 4) is 22.6 Å². The zero-order valence-corrected chi connectivity index (χ0v) is 29.4. The summed E-state index contributed by atoms with van der Waals surface area (Å²) in [5.74, 6) is -2.40. The molecule has 52 heavy (non-hydrogen) atoms. The Morgan fingerprint density at radius 2 is 1.50 bits per heavy atom. The summed E-state index contributed by atoms with van der Waals surface area (Å²) in [5, 5.41) is 12.6. The van der Waals surface area contributed by atoms with E-state index in [1.54, 1.807) is 13.0 Å². The number of hydrogen-bond donors (Lipinski definition) is 2. The molecule has 1 fully saturated rings. The van der Waals surface area contributed by atoms with Gasteiger partial charge in [0.25, 0.3) is 0 Å². The molecule has 0 unspecified atom stereocenters. The van der Waals surface area contributed by atoms with Crippen LogP contribution in [0.2, 0.25) is 0 Å². The maximum absolute atomic E-state index is 12.5.